The zero-order valence-corrected chi connectivity index (χ0v) is 14.4. The smallest absolute Gasteiger partial charge is 0.183 e. The summed E-state index contributed by atoms with van der Waals surface area (Å²) in [5.41, 5.74) is 0. The molecular weight excluding hydrogens is 372 g/mol. The number of benzene rings is 1. The largest absolute Gasteiger partial charge is 0.490 e. The summed E-state index contributed by atoms with van der Waals surface area (Å²) in [7, 11) is 0. The molecular formula is C15H13BrO3S2. The third kappa shape index (κ3) is 3.81. The summed E-state index contributed by atoms with van der Waals surface area (Å²) in [5.74, 6) is 2.11. The topological polar surface area (TPSA) is 35.5 Å². The van der Waals surface area contributed by atoms with Gasteiger partial charge in [0, 0.05) is 11.3 Å². The van der Waals surface area contributed by atoms with Crippen molar-refractivity contribution in [3.8, 4) is 11.5 Å². The molecule has 21 heavy (non-hydrogen) atoms. The summed E-state index contributed by atoms with van der Waals surface area (Å²) in [5, 5.41) is 0. The lowest BCUT2D eigenvalue weighted by atomic mass is 10.3. The Morgan fingerprint density at radius 3 is 2.76 bits per heavy atom. The highest BCUT2D eigenvalue weighted by Gasteiger charge is 2.13. The molecule has 0 amide bonds. The molecule has 0 bridgehead atoms. The fraction of sp³-hybridized carbons (Fsp3) is 0.267. The number of Topliss-reactive ketones (excluding diaryl/α,β-unsaturated/α-hetero) is 1. The van der Waals surface area contributed by atoms with Crippen molar-refractivity contribution in [3.63, 3.8) is 0 Å². The van der Waals surface area contributed by atoms with Gasteiger partial charge in [0.05, 0.1) is 27.6 Å². The highest BCUT2D eigenvalue weighted by Crippen LogP contribution is 2.34. The fourth-order valence-electron chi connectivity index (χ4n) is 1.92. The van der Waals surface area contributed by atoms with Crippen molar-refractivity contribution in [1.82, 2.24) is 0 Å². The number of thiophene rings is 1. The minimum absolute atomic E-state index is 0.141. The molecule has 2 aromatic rings. The first-order chi connectivity index (χ1) is 10.2. The van der Waals surface area contributed by atoms with E-state index in [4.69, 9.17) is 9.47 Å². The Kier molecular flexibility index (Phi) is 4.87. The van der Waals surface area contributed by atoms with E-state index in [1.165, 1.54) is 23.1 Å². The van der Waals surface area contributed by atoms with E-state index in [2.05, 4.69) is 15.9 Å². The average Bonchev–Trinajstić information content (AvgIpc) is 2.79. The first-order valence-electron chi connectivity index (χ1n) is 6.53. The summed E-state index contributed by atoms with van der Waals surface area (Å²) >= 11 is 6.36. The van der Waals surface area contributed by atoms with Crippen molar-refractivity contribution in [2.75, 3.05) is 19.0 Å². The van der Waals surface area contributed by atoms with Crippen LogP contribution in [0.4, 0.5) is 0 Å². The van der Waals surface area contributed by atoms with Gasteiger partial charge >= 0.3 is 0 Å². The van der Waals surface area contributed by atoms with Crippen LogP contribution in [0.25, 0.3) is 0 Å². The second kappa shape index (κ2) is 6.85. The van der Waals surface area contributed by atoms with Crippen LogP contribution < -0.4 is 9.47 Å². The lowest BCUT2D eigenvalue weighted by molar-refractivity contribution is 0.102. The van der Waals surface area contributed by atoms with Crippen molar-refractivity contribution in [1.29, 1.82) is 0 Å². The number of rotatable bonds is 4. The number of halogens is 1. The monoisotopic (exact) mass is 384 g/mol. The summed E-state index contributed by atoms with van der Waals surface area (Å²) in [6, 6.07) is 9.58. The summed E-state index contributed by atoms with van der Waals surface area (Å²) in [6.07, 6.45) is 0.892. The molecule has 0 radical (unpaired) electrons. The second-order valence-electron chi connectivity index (χ2n) is 4.47. The first kappa shape index (κ1) is 14.9. The molecule has 1 aliphatic heterocycles. The third-order valence-electron chi connectivity index (χ3n) is 2.94. The van der Waals surface area contributed by atoms with E-state index >= 15 is 0 Å². The van der Waals surface area contributed by atoms with Gasteiger partial charge in [0.25, 0.3) is 0 Å². The van der Waals surface area contributed by atoms with Gasteiger partial charge in [0.2, 0.25) is 0 Å². The van der Waals surface area contributed by atoms with Crippen LogP contribution in [0.5, 0.6) is 11.5 Å². The van der Waals surface area contributed by atoms with Gasteiger partial charge in [0.15, 0.2) is 17.3 Å². The van der Waals surface area contributed by atoms with Crippen LogP contribution >= 0.6 is 39.0 Å². The van der Waals surface area contributed by atoms with Gasteiger partial charge in [-0.25, -0.2) is 0 Å². The molecule has 0 spiro atoms. The molecule has 3 nitrogen and oxygen atoms in total. The highest BCUT2D eigenvalue weighted by molar-refractivity contribution is 9.11. The van der Waals surface area contributed by atoms with Crippen LogP contribution in [-0.4, -0.2) is 24.7 Å². The predicted molar refractivity (Wildman–Crippen MR) is 89.1 cm³/mol. The molecule has 2 heterocycles. The van der Waals surface area contributed by atoms with Crippen LogP contribution in [0.1, 0.15) is 16.1 Å². The number of carbonyl (C=O) groups excluding carboxylic acids is 1. The summed E-state index contributed by atoms with van der Waals surface area (Å²) in [4.78, 5) is 13.9. The SMILES string of the molecule is O=C(CSc1ccc2c(c1)OCCCO2)c1ccc(Br)s1. The molecule has 1 aromatic carbocycles. The Morgan fingerprint density at radius 2 is 2.00 bits per heavy atom. The molecule has 0 saturated heterocycles. The number of hydrogen-bond donors (Lipinski definition) is 0. The van der Waals surface area contributed by atoms with E-state index < -0.39 is 0 Å². The maximum absolute atomic E-state index is 12.1. The van der Waals surface area contributed by atoms with Gasteiger partial charge in [-0.1, -0.05) is 0 Å². The third-order valence-corrected chi connectivity index (χ3v) is 5.60. The molecule has 0 fully saturated rings. The molecule has 110 valence electrons. The summed E-state index contributed by atoms with van der Waals surface area (Å²) in [6.45, 7) is 1.36. The Hall–Kier alpha value is -0.980. The van der Waals surface area contributed by atoms with Crippen LogP contribution in [0.2, 0.25) is 0 Å². The zero-order chi connectivity index (χ0) is 14.7. The Balaban J connectivity index is 1.65. The van der Waals surface area contributed by atoms with Crippen molar-refractivity contribution < 1.29 is 14.3 Å². The van der Waals surface area contributed by atoms with Gasteiger partial charge in [0.1, 0.15) is 0 Å². The van der Waals surface area contributed by atoms with Crippen molar-refractivity contribution in [2.24, 2.45) is 0 Å². The van der Waals surface area contributed by atoms with E-state index in [1.807, 2.05) is 30.3 Å². The number of ether oxygens (including phenoxy) is 2. The molecule has 0 saturated carbocycles. The zero-order valence-electron chi connectivity index (χ0n) is 11.1. The molecule has 0 aliphatic carbocycles. The molecule has 0 atom stereocenters. The van der Waals surface area contributed by atoms with Gasteiger partial charge in [-0.2, -0.15) is 0 Å². The number of ketones is 1. The van der Waals surface area contributed by atoms with Gasteiger partial charge < -0.3 is 9.47 Å². The van der Waals surface area contributed by atoms with Crippen LogP contribution in [-0.2, 0) is 0 Å². The highest BCUT2D eigenvalue weighted by atomic mass is 79.9. The maximum Gasteiger partial charge on any atom is 0.183 e. The number of fused-ring (bicyclic) bond motifs is 1. The molecule has 3 rings (SSSR count). The van der Waals surface area contributed by atoms with Gasteiger partial charge in [-0.15, -0.1) is 23.1 Å². The quantitative estimate of drug-likeness (QED) is 0.567. The number of hydrogen-bond acceptors (Lipinski definition) is 5. The van der Waals surface area contributed by atoms with E-state index in [0.717, 1.165) is 31.5 Å². The van der Waals surface area contributed by atoms with Crippen molar-refractivity contribution in [2.45, 2.75) is 11.3 Å². The predicted octanol–water partition coefficient (Wildman–Crippen LogP) is 4.65. The van der Waals surface area contributed by atoms with E-state index in [0.29, 0.717) is 19.0 Å². The van der Waals surface area contributed by atoms with Gasteiger partial charge in [-0.05, 0) is 46.3 Å². The van der Waals surface area contributed by atoms with Crippen molar-refractivity contribution in [3.05, 3.63) is 39.0 Å². The second-order valence-corrected chi connectivity index (χ2v) is 7.99. The Labute approximate surface area is 139 Å². The molecule has 1 aliphatic rings. The lowest BCUT2D eigenvalue weighted by Crippen LogP contribution is -1.99. The number of thioether (sulfide) groups is 1. The minimum Gasteiger partial charge on any atom is -0.490 e. The van der Waals surface area contributed by atoms with Gasteiger partial charge in [-0.3, -0.25) is 4.79 Å². The molecule has 1 aromatic heterocycles. The Morgan fingerprint density at radius 1 is 1.19 bits per heavy atom. The average molecular weight is 385 g/mol. The van der Waals surface area contributed by atoms with E-state index in [-0.39, 0.29) is 5.78 Å². The van der Waals surface area contributed by atoms with E-state index in [9.17, 15) is 4.79 Å². The standard InChI is InChI=1S/C15H13BrO3S2/c16-15-5-4-14(21-15)11(17)9-20-10-2-3-12-13(8-10)19-7-1-6-18-12/h2-5,8H,1,6-7,9H2. The molecule has 6 heteroatoms. The first-order valence-corrected chi connectivity index (χ1v) is 9.13. The molecule has 0 N–H and O–H groups in total. The van der Waals surface area contributed by atoms with Crippen LogP contribution in [0.15, 0.2) is 39.0 Å². The maximum atomic E-state index is 12.1. The summed E-state index contributed by atoms with van der Waals surface area (Å²) < 4.78 is 12.2. The molecule has 0 unspecified atom stereocenters. The lowest BCUT2D eigenvalue weighted by Gasteiger charge is -2.08. The minimum atomic E-state index is 0.141. The van der Waals surface area contributed by atoms with Crippen LogP contribution in [0.3, 0.4) is 0 Å². The fourth-order valence-corrected chi connectivity index (χ4v) is 4.14. The normalized spacial score (nSPS) is 13.8. The van der Waals surface area contributed by atoms with E-state index in [1.54, 1.807) is 0 Å². The number of carbonyl (C=O) groups is 1. The Bertz CT molecular complexity index is 654. The van der Waals surface area contributed by atoms with Crippen LogP contribution in [0, 0.1) is 0 Å². The van der Waals surface area contributed by atoms with Crippen molar-refractivity contribution >= 4 is 44.8 Å².